The lowest BCUT2D eigenvalue weighted by Gasteiger charge is -2.11. The van der Waals surface area contributed by atoms with Crippen LogP contribution < -0.4 is 5.69 Å². The lowest BCUT2D eigenvalue weighted by Crippen LogP contribution is -2.22. The summed E-state index contributed by atoms with van der Waals surface area (Å²) in [4.78, 5) is 12.4. The van der Waals surface area contributed by atoms with Crippen LogP contribution in [0.5, 0.6) is 0 Å². The molecule has 0 aliphatic heterocycles. The summed E-state index contributed by atoms with van der Waals surface area (Å²) in [5.41, 5.74) is -0.361. The third-order valence-corrected chi connectivity index (χ3v) is 4.93. The molecule has 0 aliphatic rings. The average Bonchev–Trinajstić information content (AvgIpc) is 2.73. The fourth-order valence-corrected chi connectivity index (χ4v) is 3.19. The number of rotatable bonds is 4. The topological polar surface area (TPSA) is 39.8 Å². The van der Waals surface area contributed by atoms with E-state index in [0.717, 1.165) is 10.7 Å². The van der Waals surface area contributed by atoms with Crippen molar-refractivity contribution >= 4 is 23.5 Å². The molecule has 23 heavy (non-hydrogen) atoms. The lowest BCUT2D eigenvalue weighted by atomic mass is 10.2. The van der Waals surface area contributed by atoms with Crippen LogP contribution in [-0.4, -0.2) is 32.5 Å². The van der Waals surface area contributed by atoms with E-state index in [1.54, 1.807) is 6.26 Å². The van der Waals surface area contributed by atoms with E-state index < -0.39 is 23.4 Å². The summed E-state index contributed by atoms with van der Waals surface area (Å²) in [5.74, 6) is -1.81. The molecule has 0 radical (unpaired) electrons. The molecule has 2 aromatic rings. The Bertz CT molecular complexity index is 783. The van der Waals surface area contributed by atoms with Crippen LogP contribution in [0.4, 0.5) is 17.6 Å². The van der Waals surface area contributed by atoms with Crippen molar-refractivity contribution in [3.05, 3.63) is 34.0 Å². The molecule has 10 heteroatoms. The van der Waals surface area contributed by atoms with Crippen molar-refractivity contribution in [1.29, 1.82) is 0 Å². The van der Waals surface area contributed by atoms with Gasteiger partial charge in [-0.3, -0.25) is 4.57 Å². The molecule has 0 bridgehead atoms. The Morgan fingerprint density at radius 1 is 1.30 bits per heavy atom. The highest BCUT2D eigenvalue weighted by Gasteiger charge is 2.28. The molecule has 0 unspecified atom stereocenters. The highest BCUT2D eigenvalue weighted by Crippen LogP contribution is 2.31. The minimum Gasteiger partial charge on any atom is -0.273 e. The third-order valence-electron chi connectivity index (χ3n) is 2.99. The summed E-state index contributed by atoms with van der Waals surface area (Å²) < 4.78 is 53.4. The van der Waals surface area contributed by atoms with Gasteiger partial charge in [-0.25, -0.2) is 9.18 Å². The Morgan fingerprint density at radius 2 is 1.96 bits per heavy atom. The number of halogens is 4. The summed E-state index contributed by atoms with van der Waals surface area (Å²) in [6, 6.07) is 2.33. The van der Waals surface area contributed by atoms with E-state index in [1.165, 1.54) is 36.4 Å². The maximum atomic E-state index is 14.2. The van der Waals surface area contributed by atoms with E-state index in [9.17, 15) is 22.4 Å². The van der Waals surface area contributed by atoms with Gasteiger partial charge in [-0.2, -0.15) is 17.9 Å². The number of nitrogens with zero attached hydrogens (tertiary/aromatic N) is 3. The van der Waals surface area contributed by atoms with Crippen LogP contribution >= 0.6 is 23.5 Å². The van der Waals surface area contributed by atoms with Gasteiger partial charge in [-0.1, -0.05) is 11.8 Å². The predicted molar refractivity (Wildman–Crippen MR) is 82.1 cm³/mol. The molecule has 2 rings (SSSR count). The van der Waals surface area contributed by atoms with Crippen LogP contribution in [0.25, 0.3) is 5.69 Å². The first-order valence-corrected chi connectivity index (χ1v) is 8.55. The SMILES string of the molecule is CSc1nn(-c2cc(SCC(F)(F)F)c(C)cc2F)c(=O)n1C. The summed E-state index contributed by atoms with van der Waals surface area (Å²) >= 11 is 1.75. The van der Waals surface area contributed by atoms with Crippen molar-refractivity contribution in [1.82, 2.24) is 14.3 Å². The van der Waals surface area contributed by atoms with Crippen molar-refractivity contribution in [3.63, 3.8) is 0 Å². The summed E-state index contributed by atoms with van der Waals surface area (Å²) in [6.07, 6.45) is -2.62. The first kappa shape index (κ1) is 17.9. The first-order chi connectivity index (χ1) is 10.6. The van der Waals surface area contributed by atoms with E-state index in [-0.39, 0.29) is 10.6 Å². The number of thioether (sulfide) groups is 2. The molecule has 126 valence electrons. The minimum atomic E-state index is -4.33. The molecule has 1 aromatic carbocycles. The second-order valence-electron chi connectivity index (χ2n) is 4.71. The van der Waals surface area contributed by atoms with Crippen LogP contribution in [0.3, 0.4) is 0 Å². The molecule has 1 aromatic heterocycles. The van der Waals surface area contributed by atoms with Gasteiger partial charge in [0.1, 0.15) is 11.5 Å². The molecule has 0 saturated carbocycles. The van der Waals surface area contributed by atoms with Crippen LogP contribution in [0, 0.1) is 12.7 Å². The van der Waals surface area contributed by atoms with Gasteiger partial charge in [0.15, 0.2) is 5.16 Å². The molecule has 4 nitrogen and oxygen atoms in total. The average molecular weight is 367 g/mol. The highest BCUT2D eigenvalue weighted by atomic mass is 32.2. The minimum absolute atomic E-state index is 0.166. The number of hydrogen-bond acceptors (Lipinski definition) is 4. The maximum absolute atomic E-state index is 14.2. The molecular formula is C13H13F4N3OS2. The molecule has 0 aliphatic carbocycles. The number of aromatic nitrogens is 3. The van der Waals surface area contributed by atoms with E-state index in [1.807, 2.05) is 0 Å². The Morgan fingerprint density at radius 3 is 2.48 bits per heavy atom. The molecular weight excluding hydrogens is 354 g/mol. The van der Waals surface area contributed by atoms with Crippen molar-refractivity contribution in [2.24, 2.45) is 7.05 Å². The second-order valence-corrected chi connectivity index (χ2v) is 6.50. The zero-order chi connectivity index (χ0) is 17.4. The number of alkyl halides is 3. The van der Waals surface area contributed by atoms with Crippen LogP contribution in [0.15, 0.2) is 27.0 Å². The van der Waals surface area contributed by atoms with Gasteiger partial charge in [0, 0.05) is 11.9 Å². The van der Waals surface area contributed by atoms with Gasteiger partial charge in [0.05, 0.1) is 5.75 Å². The predicted octanol–water partition coefficient (Wildman–Crippen LogP) is 3.39. The third kappa shape index (κ3) is 3.92. The normalized spacial score (nSPS) is 12.0. The van der Waals surface area contributed by atoms with Gasteiger partial charge in [-0.15, -0.1) is 16.9 Å². The van der Waals surface area contributed by atoms with E-state index in [2.05, 4.69) is 5.10 Å². The van der Waals surface area contributed by atoms with Crippen molar-refractivity contribution in [2.45, 2.75) is 23.2 Å². The van der Waals surface area contributed by atoms with Crippen LogP contribution in [0.2, 0.25) is 0 Å². The monoisotopic (exact) mass is 367 g/mol. The zero-order valence-corrected chi connectivity index (χ0v) is 14.1. The van der Waals surface area contributed by atoms with Crippen molar-refractivity contribution in [3.8, 4) is 5.69 Å². The molecule has 0 fully saturated rings. The quantitative estimate of drug-likeness (QED) is 0.613. The first-order valence-electron chi connectivity index (χ1n) is 6.34. The number of aryl methyl sites for hydroxylation is 1. The summed E-state index contributed by atoms with van der Waals surface area (Å²) in [6.45, 7) is 1.51. The Labute approximate surface area is 137 Å². The Balaban J connectivity index is 2.49. The second kappa shape index (κ2) is 6.60. The highest BCUT2D eigenvalue weighted by molar-refractivity contribution is 7.99. The van der Waals surface area contributed by atoms with Crippen molar-refractivity contribution < 1.29 is 17.6 Å². The largest absolute Gasteiger partial charge is 0.398 e. The summed E-state index contributed by atoms with van der Waals surface area (Å²) in [5, 5.41) is 4.37. The van der Waals surface area contributed by atoms with Crippen molar-refractivity contribution in [2.75, 3.05) is 12.0 Å². The van der Waals surface area contributed by atoms with Crippen LogP contribution in [-0.2, 0) is 7.05 Å². The Hall–Kier alpha value is -1.42. The van der Waals surface area contributed by atoms with Gasteiger partial charge in [0.25, 0.3) is 0 Å². The fourth-order valence-electron chi connectivity index (χ4n) is 1.87. The fraction of sp³-hybridized carbons (Fsp3) is 0.385. The number of hydrogen-bond donors (Lipinski definition) is 0. The van der Waals surface area contributed by atoms with Gasteiger partial charge >= 0.3 is 11.9 Å². The van der Waals surface area contributed by atoms with Gasteiger partial charge < -0.3 is 0 Å². The molecule has 0 spiro atoms. The smallest absolute Gasteiger partial charge is 0.273 e. The molecule has 0 amide bonds. The standard InChI is InChI=1S/C13H13F4N3OS2/c1-7-4-8(14)9(5-10(7)23-6-13(15,16)17)20-12(21)19(2)11(18-20)22-3/h4-5H,6H2,1-3H3. The summed E-state index contributed by atoms with van der Waals surface area (Å²) in [7, 11) is 1.49. The lowest BCUT2D eigenvalue weighted by molar-refractivity contribution is -0.105. The van der Waals surface area contributed by atoms with E-state index in [4.69, 9.17) is 0 Å². The molecule has 0 saturated heterocycles. The van der Waals surface area contributed by atoms with E-state index in [0.29, 0.717) is 22.5 Å². The molecule has 1 heterocycles. The molecule has 0 N–H and O–H groups in total. The molecule has 0 atom stereocenters. The maximum Gasteiger partial charge on any atom is 0.398 e. The van der Waals surface area contributed by atoms with Gasteiger partial charge in [0.2, 0.25) is 0 Å². The van der Waals surface area contributed by atoms with Crippen LogP contribution in [0.1, 0.15) is 5.56 Å². The zero-order valence-electron chi connectivity index (χ0n) is 12.4. The number of benzene rings is 1. The Kier molecular flexibility index (Phi) is 5.14. The van der Waals surface area contributed by atoms with Gasteiger partial charge in [-0.05, 0) is 30.9 Å². The van der Waals surface area contributed by atoms with E-state index >= 15 is 0 Å².